The average molecular weight is 174 g/mol. The lowest BCUT2D eigenvalue weighted by Crippen LogP contribution is -2.15. The number of carbonyl (C=O) groups excluding carboxylic acids is 1. The minimum absolute atomic E-state index is 0.130. The normalized spacial score (nSPS) is 13.2. The maximum Gasteiger partial charge on any atom is 0.330 e. The highest BCUT2D eigenvalue weighted by Crippen LogP contribution is 1.91. The number of hydrogen-bond acceptors (Lipinski definition) is 4. The summed E-state index contributed by atoms with van der Waals surface area (Å²) in [7, 11) is 0. The minimum Gasteiger partial charge on any atom is -0.462 e. The van der Waals surface area contributed by atoms with Crippen LogP contribution in [0.2, 0.25) is 0 Å². The molecular formula is C8H14O4. The van der Waals surface area contributed by atoms with Gasteiger partial charge in [0.25, 0.3) is 0 Å². The summed E-state index contributed by atoms with van der Waals surface area (Å²) in [5.74, 6) is -0.428. The largest absolute Gasteiger partial charge is 0.462 e. The lowest BCUT2D eigenvalue weighted by Gasteiger charge is -2.05. The van der Waals surface area contributed by atoms with Crippen LogP contribution in [0.25, 0.3) is 0 Å². The zero-order chi connectivity index (χ0) is 9.40. The fourth-order valence-electron chi connectivity index (χ4n) is 0.571. The Kier molecular flexibility index (Phi) is 6.32. The first-order valence-corrected chi connectivity index (χ1v) is 3.79. The highest BCUT2D eigenvalue weighted by Gasteiger charge is 2.02. The first kappa shape index (κ1) is 11.1. The van der Waals surface area contributed by atoms with Crippen molar-refractivity contribution in [1.82, 2.24) is 0 Å². The van der Waals surface area contributed by atoms with Crippen LogP contribution in [0, 0.1) is 0 Å². The molecule has 1 atom stereocenters. The molecule has 0 aromatic heterocycles. The Bertz CT molecular complexity index is 153. The van der Waals surface area contributed by atoms with E-state index >= 15 is 0 Å². The Morgan fingerprint density at radius 3 is 2.83 bits per heavy atom. The van der Waals surface area contributed by atoms with E-state index in [1.165, 1.54) is 6.08 Å². The average Bonchev–Trinajstić information content (AvgIpc) is 2.04. The molecule has 0 heterocycles. The van der Waals surface area contributed by atoms with Crippen LogP contribution in [-0.4, -0.2) is 35.5 Å². The molecule has 0 amide bonds. The summed E-state index contributed by atoms with van der Waals surface area (Å²) < 4.78 is 4.66. The third kappa shape index (κ3) is 5.88. The Balaban J connectivity index is 3.37. The van der Waals surface area contributed by atoms with E-state index in [1.807, 2.05) is 0 Å². The Morgan fingerprint density at radius 1 is 1.67 bits per heavy atom. The Morgan fingerprint density at radius 2 is 2.33 bits per heavy atom. The van der Waals surface area contributed by atoms with Crippen LogP contribution >= 0.6 is 0 Å². The van der Waals surface area contributed by atoms with E-state index in [0.29, 0.717) is 0 Å². The number of carbonyl (C=O) groups is 1. The van der Waals surface area contributed by atoms with Gasteiger partial charge >= 0.3 is 5.97 Å². The minimum atomic E-state index is -0.802. The standard InChI is InChI=1S/C8H14O4/c1-2-3-8(11)12-5-4-7(10)6-9/h2-3,7,9-10H,4-6H2,1H3/b3-2+. The van der Waals surface area contributed by atoms with E-state index in [0.717, 1.165) is 0 Å². The van der Waals surface area contributed by atoms with E-state index in [4.69, 9.17) is 10.2 Å². The molecule has 0 aromatic carbocycles. The number of aliphatic hydroxyl groups is 2. The van der Waals surface area contributed by atoms with Crippen molar-refractivity contribution >= 4 is 5.97 Å². The number of allylic oxidation sites excluding steroid dienone is 1. The molecule has 0 aromatic rings. The smallest absolute Gasteiger partial charge is 0.330 e. The summed E-state index contributed by atoms with van der Waals surface area (Å²) in [5, 5.41) is 17.2. The molecule has 0 rings (SSSR count). The van der Waals surface area contributed by atoms with Gasteiger partial charge in [0, 0.05) is 12.5 Å². The quantitative estimate of drug-likeness (QED) is 0.449. The van der Waals surface area contributed by atoms with Crippen LogP contribution in [0.4, 0.5) is 0 Å². The lowest BCUT2D eigenvalue weighted by atomic mass is 10.3. The second kappa shape index (κ2) is 6.82. The van der Waals surface area contributed by atoms with Gasteiger partial charge in [-0.05, 0) is 6.92 Å². The topological polar surface area (TPSA) is 66.8 Å². The molecule has 0 aliphatic rings. The van der Waals surface area contributed by atoms with Crippen molar-refractivity contribution in [2.45, 2.75) is 19.4 Å². The fraction of sp³-hybridized carbons (Fsp3) is 0.625. The maximum absolute atomic E-state index is 10.7. The lowest BCUT2D eigenvalue weighted by molar-refractivity contribution is -0.138. The van der Waals surface area contributed by atoms with Crippen molar-refractivity contribution in [3.63, 3.8) is 0 Å². The molecule has 0 saturated heterocycles. The highest BCUT2D eigenvalue weighted by molar-refractivity contribution is 5.81. The molecule has 4 heteroatoms. The highest BCUT2D eigenvalue weighted by atomic mass is 16.5. The number of rotatable bonds is 5. The van der Waals surface area contributed by atoms with Gasteiger partial charge in [0.1, 0.15) is 0 Å². The van der Waals surface area contributed by atoms with E-state index in [9.17, 15) is 4.79 Å². The first-order chi connectivity index (χ1) is 5.70. The van der Waals surface area contributed by atoms with Crippen LogP contribution in [0.5, 0.6) is 0 Å². The predicted molar refractivity (Wildman–Crippen MR) is 43.5 cm³/mol. The number of aliphatic hydroxyl groups excluding tert-OH is 2. The molecular weight excluding hydrogens is 160 g/mol. The second-order valence-corrected chi connectivity index (χ2v) is 2.29. The van der Waals surface area contributed by atoms with Crippen LogP contribution in [0.15, 0.2) is 12.2 Å². The van der Waals surface area contributed by atoms with Gasteiger partial charge in [-0.2, -0.15) is 0 Å². The summed E-state index contributed by atoms with van der Waals surface area (Å²) in [6.45, 7) is 1.54. The van der Waals surface area contributed by atoms with Crippen molar-refractivity contribution in [1.29, 1.82) is 0 Å². The van der Waals surface area contributed by atoms with Crippen LogP contribution < -0.4 is 0 Å². The van der Waals surface area contributed by atoms with Gasteiger partial charge in [-0.25, -0.2) is 4.79 Å². The van der Waals surface area contributed by atoms with Gasteiger partial charge < -0.3 is 14.9 Å². The van der Waals surface area contributed by atoms with Gasteiger partial charge in [-0.15, -0.1) is 0 Å². The third-order valence-corrected chi connectivity index (χ3v) is 1.21. The summed E-state index contributed by atoms with van der Waals surface area (Å²) in [4.78, 5) is 10.7. The summed E-state index contributed by atoms with van der Waals surface area (Å²) in [6, 6.07) is 0. The monoisotopic (exact) mass is 174 g/mol. The van der Waals surface area contributed by atoms with Gasteiger partial charge in [0.15, 0.2) is 0 Å². The Hall–Kier alpha value is -0.870. The van der Waals surface area contributed by atoms with Gasteiger partial charge in [0.05, 0.1) is 19.3 Å². The van der Waals surface area contributed by atoms with Crippen molar-refractivity contribution < 1.29 is 19.7 Å². The van der Waals surface area contributed by atoms with E-state index in [-0.39, 0.29) is 19.6 Å². The molecule has 12 heavy (non-hydrogen) atoms. The third-order valence-electron chi connectivity index (χ3n) is 1.21. The first-order valence-electron chi connectivity index (χ1n) is 3.79. The number of ether oxygens (including phenoxy) is 1. The van der Waals surface area contributed by atoms with Crippen LogP contribution in [0.1, 0.15) is 13.3 Å². The molecule has 0 bridgehead atoms. The summed E-state index contributed by atoms with van der Waals surface area (Å²) in [6.07, 6.45) is 2.33. The van der Waals surface area contributed by atoms with Crippen molar-refractivity contribution in [2.75, 3.05) is 13.2 Å². The summed E-state index contributed by atoms with van der Waals surface area (Å²) >= 11 is 0. The van der Waals surface area contributed by atoms with E-state index in [1.54, 1.807) is 13.0 Å². The molecule has 4 nitrogen and oxygen atoms in total. The molecule has 0 fully saturated rings. The fourth-order valence-corrected chi connectivity index (χ4v) is 0.571. The molecule has 1 unspecified atom stereocenters. The van der Waals surface area contributed by atoms with Gasteiger partial charge in [0.2, 0.25) is 0 Å². The van der Waals surface area contributed by atoms with Crippen molar-refractivity contribution in [3.8, 4) is 0 Å². The van der Waals surface area contributed by atoms with Crippen molar-refractivity contribution in [2.24, 2.45) is 0 Å². The number of esters is 1. The molecule has 2 N–H and O–H groups in total. The SMILES string of the molecule is C/C=C/C(=O)OCCC(O)CO. The molecule has 0 aliphatic heterocycles. The zero-order valence-electron chi connectivity index (χ0n) is 7.06. The second-order valence-electron chi connectivity index (χ2n) is 2.29. The van der Waals surface area contributed by atoms with Gasteiger partial charge in [-0.3, -0.25) is 0 Å². The van der Waals surface area contributed by atoms with E-state index < -0.39 is 12.1 Å². The predicted octanol–water partition coefficient (Wildman–Crippen LogP) is -0.151. The molecule has 0 saturated carbocycles. The van der Waals surface area contributed by atoms with Crippen LogP contribution in [-0.2, 0) is 9.53 Å². The zero-order valence-corrected chi connectivity index (χ0v) is 7.06. The van der Waals surface area contributed by atoms with Gasteiger partial charge in [-0.1, -0.05) is 6.08 Å². The molecule has 0 aliphatic carbocycles. The molecule has 0 spiro atoms. The van der Waals surface area contributed by atoms with Crippen molar-refractivity contribution in [3.05, 3.63) is 12.2 Å². The molecule has 0 radical (unpaired) electrons. The van der Waals surface area contributed by atoms with Crippen LogP contribution in [0.3, 0.4) is 0 Å². The Labute approximate surface area is 71.5 Å². The molecule has 70 valence electrons. The number of hydrogen-bond donors (Lipinski definition) is 2. The maximum atomic E-state index is 10.7. The van der Waals surface area contributed by atoms with E-state index in [2.05, 4.69) is 4.74 Å². The summed E-state index contributed by atoms with van der Waals surface area (Å²) in [5.41, 5.74) is 0.